The molecule has 3 aromatic carbocycles. The number of benzene rings is 3. The molecule has 0 spiro atoms. The number of fused-ring (bicyclic) bond motifs is 1. The maximum Gasteiger partial charge on any atom is 0.179 e. The van der Waals surface area contributed by atoms with E-state index < -0.39 is 7.36 Å². The van der Waals surface area contributed by atoms with Gasteiger partial charge < -0.3 is 9.80 Å². The molecule has 1 saturated heterocycles. The van der Waals surface area contributed by atoms with Crippen molar-refractivity contribution in [1.82, 2.24) is 9.57 Å². The van der Waals surface area contributed by atoms with E-state index in [1.807, 2.05) is 0 Å². The molecule has 0 radical (unpaired) electrons. The van der Waals surface area contributed by atoms with Gasteiger partial charge in [-0.1, -0.05) is 68.4 Å². The van der Waals surface area contributed by atoms with Gasteiger partial charge in [0, 0.05) is 50.0 Å². The van der Waals surface area contributed by atoms with Gasteiger partial charge in [0.1, 0.15) is 0 Å². The zero-order valence-corrected chi connectivity index (χ0v) is 23.9. The molecule has 0 saturated carbocycles. The lowest BCUT2D eigenvalue weighted by atomic mass is 9.84. The second-order valence-electron chi connectivity index (χ2n) is 11.0. The lowest BCUT2D eigenvalue weighted by Gasteiger charge is -2.44. The molecule has 3 aliphatic rings. The average Bonchev–Trinajstić information content (AvgIpc) is 3.38. The molecule has 3 heterocycles. The van der Waals surface area contributed by atoms with Crippen LogP contribution in [0.4, 0.5) is 17.1 Å². The number of hydrazone groups is 1. The van der Waals surface area contributed by atoms with E-state index in [9.17, 15) is 0 Å². The molecule has 0 amide bonds. The van der Waals surface area contributed by atoms with E-state index in [1.54, 1.807) is 0 Å². The number of aryl methyl sites for hydroxylation is 1. The number of hydrogen-bond acceptors (Lipinski definition) is 4. The van der Waals surface area contributed by atoms with Gasteiger partial charge in [-0.3, -0.25) is 0 Å². The normalized spacial score (nSPS) is 25.2. The molecule has 0 N–H and O–H groups in total. The minimum absolute atomic E-state index is 0.182. The molecule has 1 fully saturated rings. The highest BCUT2D eigenvalue weighted by Gasteiger charge is 2.50. The predicted molar refractivity (Wildman–Crippen MR) is 162 cm³/mol. The van der Waals surface area contributed by atoms with Crippen LogP contribution in [0.1, 0.15) is 25.0 Å². The highest BCUT2D eigenvalue weighted by Crippen LogP contribution is 2.70. The van der Waals surface area contributed by atoms with Gasteiger partial charge in [0.25, 0.3) is 0 Å². The average molecular weight is 525 g/mol. The molecule has 0 aromatic heterocycles. The predicted octanol–water partition coefficient (Wildman–Crippen LogP) is 7.05. The fraction of sp³-hybridized carbons (Fsp3) is 0.323. The fourth-order valence-electron chi connectivity index (χ4n) is 6.14. The van der Waals surface area contributed by atoms with Crippen molar-refractivity contribution in [2.24, 2.45) is 9.85 Å². The van der Waals surface area contributed by atoms with Crippen LogP contribution in [0.3, 0.4) is 0 Å². The summed E-state index contributed by atoms with van der Waals surface area (Å²) >= 11 is 0. The van der Waals surface area contributed by atoms with Crippen LogP contribution in [0.5, 0.6) is 0 Å². The quantitative estimate of drug-likeness (QED) is 0.344. The molecule has 3 aromatic rings. The van der Waals surface area contributed by atoms with Gasteiger partial charge in [-0.05, 0) is 49.4 Å². The van der Waals surface area contributed by atoms with Crippen LogP contribution < -0.4 is 9.68 Å². The van der Waals surface area contributed by atoms with Crippen molar-refractivity contribution in [3.63, 3.8) is 0 Å². The second kappa shape index (κ2) is 9.53. The summed E-state index contributed by atoms with van der Waals surface area (Å²) in [7, 11) is 1.87. The Morgan fingerprint density at radius 1 is 0.816 bits per heavy atom. The Morgan fingerprint density at radius 2 is 1.47 bits per heavy atom. The molecule has 6 rings (SSSR count). The number of para-hydroxylation sites is 2. The molecule has 7 heteroatoms. The molecule has 1 atom stereocenters. The van der Waals surface area contributed by atoms with Crippen LogP contribution in [0.25, 0.3) is 0 Å². The third-order valence-electron chi connectivity index (χ3n) is 8.21. The second-order valence-corrected chi connectivity index (χ2v) is 13.8. The van der Waals surface area contributed by atoms with Crippen molar-refractivity contribution in [3.8, 4) is 0 Å². The van der Waals surface area contributed by atoms with Crippen molar-refractivity contribution < 1.29 is 0 Å². The van der Waals surface area contributed by atoms with Crippen LogP contribution in [0.2, 0.25) is 0 Å². The molecule has 0 bridgehead atoms. The van der Waals surface area contributed by atoms with Crippen molar-refractivity contribution in [2.75, 3.05) is 50.0 Å². The topological polar surface area (TPSA) is 37.7 Å². The van der Waals surface area contributed by atoms with Crippen molar-refractivity contribution in [1.29, 1.82) is 0 Å². The Morgan fingerprint density at radius 3 is 2.18 bits per heavy atom. The lowest BCUT2D eigenvalue weighted by Crippen LogP contribution is -2.44. The first-order valence-corrected chi connectivity index (χ1v) is 15.1. The standard InChI is InChI=1S/C31H37N6P/c1-24-13-9-11-17-27(24)33-38(36-21-19-34(4)20-22-36)29(23-32-37(38)25-14-7-6-8-15-25)30-31(2,3)26-16-10-12-18-28(26)35(30)5/h6-18,23H,19-22H2,1-5H3. The third-order valence-corrected chi connectivity index (χ3v) is 11.7. The van der Waals surface area contributed by atoms with Gasteiger partial charge in [0.2, 0.25) is 0 Å². The van der Waals surface area contributed by atoms with E-state index in [1.165, 1.54) is 27.8 Å². The van der Waals surface area contributed by atoms with Crippen LogP contribution in [0.15, 0.2) is 99.7 Å². The summed E-state index contributed by atoms with van der Waals surface area (Å²) in [6.07, 6.45) is 2.13. The van der Waals surface area contributed by atoms with E-state index >= 15 is 0 Å². The summed E-state index contributed by atoms with van der Waals surface area (Å²) in [4.78, 5) is 4.81. The number of anilines is 2. The molecular formula is C31H37N6P. The summed E-state index contributed by atoms with van der Waals surface area (Å²) in [5.74, 6) is 0. The monoisotopic (exact) mass is 524 g/mol. The van der Waals surface area contributed by atoms with Crippen LogP contribution in [0, 0.1) is 6.92 Å². The van der Waals surface area contributed by atoms with E-state index in [0.717, 1.165) is 37.6 Å². The summed E-state index contributed by atoms with van der Waals surface area (Å²) in [6.45, 7) is 10.8. The van der Waals surface area contributed by atoms with Crippen LogP contribution in [-0.2, 0) is 5.41 Å². The Bertz CT molecular complexity index is 1470. The lowest BCUT2D eigenvalue weighted by molar-refractivity contribution is 0.227. The highest BCUT2D eigenvalue weighted by molar-refractivity contribution is 7.71. The van der Waals surface area contributed by atoms with Gasteiger partial charge >= 0.3 is 0 Å². The Kier molecular flexibility index (Phi) is 6.30. The van der Waals surface area contributed by atoms with E-state index in [2.05, 4.69) is 139 Å². The molecule has 38 heavy (non-hydrogen) atoms. The van der Waals surface area contributed by atoms with E-state index in [0.29, 0.717) is 0 Å². The smallest absolute Gasteiger partial charge is 0.179 e. The summed E-state index contributed by atoms with van der Waals surface area (Å²) in [5, 5.41) is 6.44. The minimum atomic E-state index is -2.55. The zero-order valence-electron chi connectivity index (χ0n) is 23.0. The SMILES string of the molecule is Cc1ccccc1N=P1(N2CCN(C)CC2)C(=C2N(C)c3ccccc3C2(C)C)C=NN1c1ccccc1. The number of hydrogen-bond donors (Lipinski definition) is 0. The molecule has 1 unspecified atom stereocenters. The summed E-state index contributed by atoms with van der Waals surface area (Å²) in [6, 6.07) is 27.9. The van der Waals surface area contributed by atoms with Crippen molar-refractivity contribution in [2.45, 2.75) is 26.2 Å². The molecular weight excluding hydrogens is 487 g/mol. The first kappa shape index (κ1) is 25.1. The van der Waals surface area contributed by atoms with Crippen molar-refractivity contribution in [3.05, 3.63) is 101 Å². The largest absolute Gasteiger partial charge is 0.346 e. The maximum absolute atomic E-state index is 5.82. The van der Waals surface area contributed by atoms with Gasteiger partial charge in [-0.25, -0.2) is 14.2 Å². The number of piperazine rings is 1. The van der Waals surface area contributed by atoms with Gasteiger partial charge in [-0.2, -0.15) is 5.10 Å². The number of rotatable bonds is 3. The molecule has 3 aliphatic heterocycles. The third kappa shape index (κ3) is 3.86. The van der Waals surface area contributed by atoms with Crippen LogP contribution in [-0.4, -0.2) is 56.1 Å². The van der Waals surface area contributed by atoms with Crippen molar-refractivity contribution >= 4 is 30.6 Å². The Hall–Kier alpha value is -3.18. The molecule has 196 valence electrons. The zero-order chi connectivity index (χ0) is 26.5. The Balaban J connectivity index is 1.69. The summed E-state index contributed by atoms with van der Waals surface area (Å²) < 4.78 is 10.7. The van der Waals surface area contributed by atoms with Gasteiger partial charge in [0.15, 0.2) is 7.36 Å². The highest BCUT2D eigenvalue weighted by atomic mass is 31.2. The Labute approximate surface area is 227 Å². The minimum Gasteiger partial charge on any atom is -0.346 e. The number of likely N-dealkylation sites (N-methyl/N-ethyl adjacent to an activating group) is 2. The maximum atomic E-state index is 5.82. The van der Waals surface area contributed by atoms with Gasteiger partial charge in [-0.15, -0.1) is 0 Å². The first-order chi connectivity index (χ1) is 18.3. The van der Waals surface area contributed by atoms with E-state index in [-0.39, 0.29) is 5.41 Å². The van der Waals surface area contributed by atoms with E-state index in [4.69, 9.17) is 9.85 Å². The summed E-state index contributed by atoms with van der Waals surface area (Å²) in [5.41, 5.74) is 7.04. The molecule has 0 aliphatic carbocycles. The van der Waals surface area contributed by atoms with Gasteiger partial charge in [0.05, 0.1) is 22.9 Å². The van der Waals surface area contributed by atoms with Crippen LogP contribution >= 0.6 is 7.36 Å². The number of nitrogens with zero attached hydrogens (tertiary/aromatic N) is 6. The number of allylic oxidation sites excluding steroid dienone is 2. The fourth-order valence-corrected chi connectivity index (χ4v) is 10.0. The first-order valence-electron chi connectivity index (χ1n) is 13.4. The molecule has 6 nitrogen and oxygen atoms in total.